The van der Waals surface area contributed by atoms with E-state index in [1.807, 2.05) is 39.0 Å². The van der Waals surface area contributed by atoms with Crippen LogP contribution in [0, 0.1) is 26.2 Å². The van der Waals surface area contributed by atoms with Crippen molar-refractivity contribution in [1.82, 2.24) is 5.32 Å². The number of terminal acetylenes is 1. The lowest BCUT2D eigenvalue weighted by Gasteiger charge is -2.12. The van der Waals surface area contributed by atoms with E-state index in [0.717, 1.165) is 17.5 Å². The van der Waals surface area contributed by atoms with Crippen LogP contribution in [0.4, 0.5) is 0 Å². The maximum absolute atomic E-state index is 11.9. The van der Waals surface area contributed by atoms with E-state index < -0.39 is 0 Å². The monoisotopic (exact) mass is 215 g/mol. The first-order valence-corrected chi connectivity index (χ1v) is 5.42. The highest BCUT2D eigenvalue weighted by molar-refractivity contribution is 5.96. The number of carbonyl (C=O) groups is 1. The number of aryl methyl sites for hydroxylation is 2. The van der Waals surface area contributed by atoms with E-state index in [4.69, 9.17) is 6.42 Å². The fraction of sp³-hybridized carbons (Fsp3) is 0.357. The third kappa shape index (κ3) is 2.87. The van der Waals surface area contributed by atoms with Gasteiger partial charge in [-0.1, -0.05) is 30.5 Å². The SMILES string of the molecule is C#CC(CC)NC(=O)c1cc(C)ccc1C. The number of hydrogen-bond donors (Lipinski definition) is 1. The smallest absolute Gasteiger partial charge is 0.252 e. The predicted molar refractivity (Wildman–Crippen MR) is 66.3 cm³/mol. The van der Waals surface area contributed by atoms with E-state index in [-0.39, 0.29) is 11.9 Å². The van der Waals surface area contributed by atoms with Crippen LogP contribution >= 0.6 is 0 Å². The summed E-state index contributed by atoms with van der Waals surface area (Å²) in [4.78, 5) is 11.9. The van der Waals surface area contributed by atoms with Crippen molar-refractivity contribution in [3.63, 3.8) is 0 Å². The van der Waals surface area contributed by atoms with Crippen LogP contribution in [-0.4, -0.2) is 11.9 Å². The van der Waals surface area contributed by atoms with Gasteiger partial charge < -0.3 is 5.32 Å². The molecule has 0 radical (unpaired) electrons. The summed E-state index contributed by atoms with van der Waals surface area (Å²) in [5, 5.41) is 2.83. The number of rotatable bonds is 3. The quantitative estimate of drug-likeness (QED) is 0.771. The van der Waals surface area contributed by atoms with E-state index in [0.29, 0.717) is 5.56 Å². The Morgan fingerprint density at radius 2 is 2.19 bits per heavy atom. The summed E-state index contributed by atoms with van der Waals surface area (Å²) in [7, 11) is 0. The van der Waals surface area contributed by atoms with E-state index in [1.54, 1.807) is 0 Å². The molecule has 0 saturated heterocycles. The second kappa shape index (κ2) is 5.37. The molecule has 84 valence electrons. The molecule has 0 aromatic heterocycles. The number of amides is 1. The lowest BCUT2D eigenvalue weighted by atomic mass is 10.0. The Kier molecular flexibility index (Phi) is 4.13. The van der Waals surface area contributed by atoms with Crippen LogP contribution in [0.5, 0.6) is 0 Å². The summed E-state index contributed by atoms with van der Waals surface area (Å²) in [6, 6.07) is 5.63. The van der Waals surface area contributed by atoms with Gasteiger partial charge in [0.15, 0.2) is 0 Å². The molecule has 0 fully saturated rings. The van der Waals surface area contributed by atoms with E-state index >= 15 is 0 Å². The number of hydrogen-bond acceptors (Lipinski definition) is 1. The average molecular weight is 215 g/mol. The standard InChI is InChI=1S/C14H17NO/c1-5-12(6-2)15-14(16)13-9-10(3)7-8-11(13)4/h1,7-9,12H,6H2,2-4H3,(H,15,16). The van der Waals surface area contributed by atoms with Crippen molar-refractivity contribution in [2.45, 2.75) is 33.2 Å². The zero-order valence-corrected chi connectivity index (χ0v) is 10.0. The fourth-order valence-corrected chi connectivity index (χ4v) is 1.48. The Morgan fingerprint density at radius 1 is 1.50 bits per heavy atom. The Bertz CT molecular complexity index is 429. The molecule has 0 aliphatic rings. The van der Waals surface area contributed by atoms with Crippen molar-refractivity contribution in [3.8, 4) is 12.3 Å². The molecule has 1 aromatic rings. The summed E-state index contributed by atoms with van der Waals surface area (Å²) >= 11 is 0. The molecule has 1 aromatic carbocycles. The van der Waals surface area contributed by atoms with Crippen molar-refractivity contribution in [2.24, 2.45) is 0 Å². The molecule has 0 aliphatic carbocycles. The average Bonchev–Trinajstić information content (AvgIpc) is 2.28. The molecule has 2 nitrogen and oxygen atoms in total. The van der Waals surface area contributed by atoms with Crippen LogP contribution < -0.4 is 5.32 Å². The largest absolute Gasteiger partial charge is 0.338 e. The van der Waals surface area contributed by atoms with Gasteiger partial charge in [-0.05, 0) is 31.9 Å². The first kappa shape index (κ1) is 12.3. The van der Waals surface area contributed by atoms with Crippen LogP contribution in [0.25, 0.3) is 0 Å². The maximum atomic E-state index is 11.9. The topological polar surface area (TPSA) is 29.1 Å². The highest BCUT2D eigenvalue weighted by Gasteiger charge is 2.12. The summed E-state index contributed by atoms with van der Waals surface area (Å²) in [6.07, 6.45) is 6.06. The van der Waals surface area contributed by atoms with Crippen molar-refractivity contribution in [1.29, 1.82) is 0 Å². The van der Waals surface area contributed by atoms with Gasteiger partial charge in [0.05, 0.1) is 6.04 Å². The molecule has 1 N–H and O–H groups in total. The summed E-state index contributed by atoms with van der Waals surface area (Å²) < 4.78 is 0. The van der Waals surface area contributed by atoms with E-state index in [2.05, 4.69) is 11.2 Å². The van der Waals surface area contributed by atoms with E-state index in [1.165, 1.54) is 0 Å². The molecule has 16 heavy (non-hydrogen) atoms. The molecule has 0 spiro atoms. The minimum Gasteiger partial charge on any atom is -0.338 e. The number of carbonyl (C=O) groups excluding carboxylic acids is 1. The second-order valence-electron chi connectivity index (χ2n) is 3.92. The third-order valence-electron chi connectivity index (χ3n) is 2.55. The van der Waals surface area contributed by atoms with Crippen LogP contribution in [0.3, 0.4) is 0 Å². The second-order valence-corrected chi connectivity index (χ2v) is 3.92. The highest BCUT2D eigenvalue weighted by atomic mass is 16.1. The van der Waals surface area contributed by atoms with Gasteiger partial charge in [-0.3, -0.25) is 4.79 Å². The Balaban J connectivity index is 2.89. The minimum absolute atomic E-state index is 0.0917. The van der Waals surface area contributed by atoms with Crippen LogP contribution in [0.1, 0.15) is 34.8 Å². The van der Waals surface area contributed by atoms with Crippen molar-refractivity contribution < 1.29 is 4.79 Å². The lowest BCUT2D eigenvalue weighted by Crippen LogP contribution is -2.33. The van der Waals surface area contributed by atoms with Crippen molar-refractivity contribution in [2.75, 3.05) is 0 Å². The number of nitrogens with one attached hydrogen (secondary N) is 1. The van der Waals surface area contributed by atoms with Gasteiger partial charge in [0.25, 0.3) is 5.91 Å². The molecule has 1 rings (SSSR count). The first-order valence-electron chi connectivity index (χ1n) is 5.42. The van der Waals surface area contributed by atoms with Gasteiger partial charge in [0, 0.05) is 5.56 Å². The zero-order valence-electron chi connectivity index (χ0n) is 10.0. The van der Waals surface area contributed by atoms with Gasteiger partial charge >= 0.3 is 0 Å². The van der Waals surface area contributed by atoms with Gasteiger partial charge in [-0.25, -0.2) is 0 Å². The fourth-order valence-electron chi connectivity index (χ4n) is 1.48. The third-order valence-corrected chi connectivity index (χ3v) is 2.55. The van der Waals surface area contributed by atoms with E-state index in [9.17, 15) is 4.79 Å². The Labute approximate surface area is 97.1 Å². The molecular formula is C14H17NO. The normalized spacial score (nSPS) is 11.6. The number of benzene rings is 1. The lowest BCUT2D eigenvalue weighted by molar-refractivity contribution is 0.0944. The molecule has 1 unspecified atom stereocenters. The Hall–Kier alpha value is -1.75. The molecule has 0 aliphatic heterocycles. The highest BCUT2D eigenvalue weighted by Crippen LogP contribution is 2.10. The van der Waals surface area contributed by atoms with Gasteiger partial charge in [0.2, 0.25) is 0 Å². The predicted octanol–water partition coefficient (Wildman–Crippen LogP) is 2.45. The van der Waals surface area contributed by atoms with Gasteiger partial charge in [-0.15, -0.1) is 6.42 Å². The summed E-state index contributed by atoms with van der Waals surface area (Å²) in [5.74, 6) is 2.46. The zero-order chi connectivity index (χ0) is 12.1. The van der Waals surface area contributed by atoms with Gasteiger partial charge in [-0.2, -0.15) is 0 Å². The molecule has 2 heteroatoms. The first-order chi connectivity index (χ1) is 7.58. The molecule has 0 heterocycles. The molecule has 1 amide bonds. The molecule has 0 saturated carbocycles. The molecule has 1 atom stereocenters. The summed E-state index contributed by atoms with van der Waals surface area (Å²) in [5.41, 5.74) is 2.74. The van der Waals surface area contributed by atoms with Crippen LogP contribution in [-0.2, 0) is 0 Å². The van der Waals surface area contributed by atoms with Crippen molar-refractivity contribution >= 4 is 5.91 Å². The molecular weight excluding hydrogens is 198 g/mol. The van der Waals surface area contributed by atoms with Crippen molar-refractivity contribution in [3.05, 3.63) is 34.9 Å². The van der Waals surface area contributed by atoms with Crippen LogP contribution in [0.2, 0.25) is 0 Å². The van der Waals surface area contributed by atoms with Crippen LogP contribution in [0.15, 0.2) is 18.2 Å². The summed E-state index contributed by atoms with van der Waals surface area (Å²) in [6.45, 7) is 5.84. The molecule has 0 bridgehead atoms. The minimum atomic E-state index is -0.188. The Morgan fingerprint density at radius 3 is 2.75 bits per heavy atom. The maximum Gasteiger partial charge on any atom is 0.252 e. The van der Waals surface area contributed by atoms with Gasteiger partial charge in [0.1, 0.15) is 0 Å².